The molecule has 5 nitrogen and oxygen atoms in total. The predicted molar refractivity (Wildman–Crippen MR) is 106 cm³/mol. The minimum Gasteiger partial charge on any atom is -0.362 e. The maximum atomic E-state index is 12.2. The zero-order valence-corrected chi connectivity index (χ0v) is 16.0. The number of pyridine rings is 1. The summed E-state index contributed by atoms with van der Waals surface area (Å²) in [5.74, 6) is 0.676. The molecule has 0 radical (unpaired) electrons. The molecule has 138 valence electrons. The highest BCUT2D eigenvalue weighted by atomic mass is 16.1. The number of anilines is 1. The van der Waals surface area contributed by atoms with Crippen LogP contribution in [0.5, 0.6) is 0 Å². The molecule has 0 aliphatic carbocycles. The molecule has 0 saturated heterocycles. The first-order valence-electron chi connectivity index (χ1n) is 9.27. The van der Waals surface area contributed by atoms with E-state index < -0.39 is 0 Å². The fourth-order valence-electron chi connectivity index (χ4n) is 3.47. The molecule has 26 heavy (non-hydrogen) atoms. The van der Waals surface area contributed by atoms with Crippen molar-refractivity contribution in [2.75, 3.05) is 45.7 Å². The fourth-order valence-corrected chi connectivity index (χ4v) is 3.47. The molecule has 3 rings (SSSR count). The molecule has 1 N–H and O–H groups in total. The van der Waals surface area contributed by atoms with Gasteiger partial charge in [0.25, 0.3) is 5.91 Å². The number of fused-ring (bicyclic) bond motifs is 1. The van der Waals surface area contributed by atoms with E-state index in [1.54, 1.807) is 7.05 Å². The van der Waals surface area contributed by atoms with Crippen LogP contribution in [0.25, 0.3) is 0 Å². The van der Waals surface area contributed by atoms with Gasteiger partial charge in [-0.2, -0.15) is 0 Å². The highest BCUT2D eigenvalue weighted by molar-refractivity contribution is 5.99. The number of hydrogen-bond acceptors (Lipinski definition) is 4. The van der Waals surface area contributed by atoms with E-state index >= 15 is 0 Å². The molecule has 1 aliphatic heterocycles. The highest BCUT2D eigenvalue weighted by Gasteiger charge is 2.21. The van der Waals surface area contributed by atoms with Crippen molar-refractivity contribution in [3.8, 4) is 0 Å². The Bertz CT molecular complexity index is 758. The molecule has 0 saturated carbocycles. The van der Waals surface area contributed by atoms with Gasteiger partial charge in [0.2, 0.25) is 0 Å². The minimum atomic E-state index is -0.0748. The summed E-state index contributed by atoms with van der Waals surface area (Å²) in [5, 5.41) is 2.73. The summed E-state index contributed by atoms with van der Waals surface area (Å²) in [4.78, 5) is 21.5. The molecule has 1 aromatic carbocycles. The van der Waals surface area contributed by atoms with Crippen LogP contribution in [0.2, 0.25) is 0 Å². The number of rotatable bonds is 5. The SMILES string of the molecule is CNC(=O)c1cc2c(nc1N(C)C)CCN(CCc1ccccc1)CC2. The molecular formula is C21H28N4O. The third kappa shape index (κ3) is 4.22. The molecule has 1 aromatic heterocycles. The molecule has 0 atom stereocenters. The maximum absolute atomic E-state index is 12.2. The van der Waals surface area contributed by atoms with E-state index in [9.17, 15) is 4.79 Å². The highest BCUT2D eigenvalue weighted by Crippen LogP contribution is 2.23. The summed E-state index contributed by atoms with van der Waals surface area (Å²) in [5.41, 5.74) is 4.37. The van der Waals surface area contributed by atoms with E-state index in [0.29, 0.717) is 5.56 Å². The Morgan fingerprint density at radius 2 is 1.92 bits per heavy atom. The zero-order chi connectivity index (χ0) is 18.5. The Morgan fingerprint density at radius 3 is 2.62 bits per heavy atom. The summed E-state index contributed by atoms with van der Waals surface area (Å²) in [7, 11) is 5.53. The van der Waals surface area contributed by atoms with Crippen LogP contribution in [-0.2, 0) is 19.3 Å². The summed E-state index contributed by atoms with van der Waals surface area (Å²) >= 11 is 0. The molecule has 1 aliphatic rings. The van der Waals surface area contributed by atoms with Gasteiger partial charge in [-0.05, 0) is 30.0 Å². The number of amides is 1. The van der Waals surface area contributed by atoms with Crippen LogP contribution >= 0.6 is 0 Å². The lowest BCUT2D eigenvalue weighted by molar-refractivity contribution is 0.0963. The third-order valence-electron chi connectivity index (χ3n) is 4.99. The van der Waals surface area contributed by atoms with Gasteiger partial charge in [-0.25, -0.2) is 4.98 Å². The second-order valence-electron chi connectivity index (χ2n) is 7.02. The molecule has 5 heteroatoms. The zero-order valence-electron chi connectivity index (χ0n) is 16.0. The molecule has 0 spiro atoms. The molecule has 0 fully saturated rings. The molecule has 1 amide bonds. The van der Waals surface area contributed by atoms with Crippen molar-refractivity contribution in [1.29, 1.82) is 0 Å². The van der Waals surface area contributed by atoms with Crippen LogP contribution in [0.4, 0.5) is 5.82 Å². The largest absolute Gasteiger partial charge is 0.362 e. The molecule has 0 bridgehead atoms. The van der Waals surface area contributed by atoms with Gasteiger partial charge in [0.05, 0.1) is 5.56 Å². The van der Waals surface area contributed by atoms with Gasteiger partial charge in [0.15, 0.2) is 0 Å². The number of aromatic nitrogens is 1. The van der Waals surface area contributed by atoms with Crippen molar-refractivity contribution in [1.82, 2.24) is 15.2 Å². The number of hydrogen-bond donors (Lipinski definition) is 1. The Labute approximate surface area is 156 Å². The maximum Gasteiger partial charge on any atom is 0.254 e. The number of nitrogens with one attached hydrogen (secondary N) is 1. The van der Waals surface area contributed by atoms with Gasteiger partial charge < -0.3 is 15.1 Å². The number of carbonyl (C=O) groups excluding carboxylic acids is 1. The van der Waals surface area contributed by atoms with Gasteiger partial charge >= 0.3 is 0 Å². The van der Waals surface area contributed by atoms with Crippen LogP contribution in [-0.4, -0.2) is 56.6 Å². The number of carbonyl (C=O) groups is 1. The van der Waals surface area contributed by atoms with Gasteiger partial charge in [-0.3, -0.25) is 4.79 Å². The van der Waals surface area contributed by atoms with Gasteiger partial charge in [0.1, 0.15) is 5.82 Å². The smallest absolute Gasteiger partial charge is 0.254 e. The average molecular weight is 352 g/mol. The van der Waals surface area contributed by atoms with Gasteiger partial charge in [0, 0.05) is 52.9 Å². The first kappa shape index (κ1) is 18.4. The lowest BCUT2D eigenvalue weighted by Crippen LogP contribution is -2.28. The lowest BCUT2D eigenvalue weighted by Gasteiger charge is -2.19. The topological polar surface area (TPSA) is 48.5 Å². The van der Waals surface area contributed by atoms with E-state index in [0.717, 1.165) is 50.4 Å². The van der Waals surface area contributed by atoms with E-state index in [-0.39, 0.29) is 5.91 Å². The molecule has 2 heterocycles. The van der Waals surface area contributed by atoms with Gasteiger partial charge in [-0.1, -0.05) is 30.3 Å². The minimum absolute atomic E-state index is 0.0748. The van der Waals surface area contributed by atoms with Crippen LogP contribution in [0.1, 0.15) is 27.2 Å². The van der Waals surface area contributed by atoms with Gasteiger partial charge in [-0.15, -0.1) is 0 Å². The van der Waals surface area contributed by atoms with E-state index in [2.05, 4.69) is 40.5 Å². The van der Waals surface area contributed by atoms with Crippen molar-refractivity contribution < 1.29 is 4.79 Å². The van der Waals surface area contributed by atoms with Crippen LogP contribution in [0.15, 0.2) is 36.4 Å². The Balaban J connectivity index is 1.73. The van der Waals surface area contributed by atoms with E-state index in [1.807, 2.05) is 25.1 Å². The normalized spacial score (nSPS) is 14.4. The lowest BCUT2D eigenvalue weighted by atomic mass is 10.0. The van der Waals surface area contributed by atoms with Crippen LogP contribution in [0, 0.1) is 0 Å². The molecule has 0 unspecified atom stereocenters. The van der Waals surface area contributed by atoms with E-state index in [4.69, 9.17) is 4.98 Å². The fraction of sp³-hybridized carbons (Fsp3) is 0.429. The van der Waals surface area contributed by atoms with Crippen molar-refractivity contribution in [3.63, 3.8) is 0 Å². The first-order valence-corrected chi connectivity index (χ1v) is 9.27. The van der Waals surface area contributed by atoms with Crippen molar-refractivity contribution >= 4 is 11.7 Å². The van der Waals surface area contributed by atoms with Crippen molar-refractivity contribution in [3.05, 3.63) is 58.8 Å². The second-order valence-corrected chi connectivity index (χ2v) is 7.02. The molecular weight excluding hydrogens is 324 g/mol. The van der Waals surface area contributed by atoms with Crippen molar-refractivity contribution in [2.45, 2.75) is 19.3 Å². The Kier molecular flexibility index (Phi) is 5.89. The summed E-state index contributed by atoms with van der Waals surface area (Å²) in [6.45, 7) is 3.08. The van der Waals surface area contributed by atoms with Crippen LogP contribution < -0.4 is 10.2 Å². The summed E-state index contributed by atoms with van der Waals surface area (Å²) in [6.07, 6.45) is 2.94. The molecule has 2 aromatic rings. The standard InChI is InChI=1S/C21H28N4O/c1-22-21(26)18-15-17-10-13-25(12-9-16-7-5-4-6-8-16)14-11-19(17)23-20(18)24(2)3/h4-8,15H,9-14H2,1-3H3,(H,22,26). The third-order valence-corrected chi connectivity index (χ3v) is 4.99. The van der Waals surface area contributed by atoms with E-state index in [1.165, 1.54) is 11.1 Å². The van der Waals surface area contributed by atoms with Crippen LogP contribution in [0.3, 0.4) is 0 Å². The monoisotopic (exact) mass is 352 g/mol. The average Bonchev–Trinajstić information content (AvgIpc) is 2.87. The number of benzene rings is 1. The predicted octanol–water partition coefficient (Wildman–Crippen LogP) is 2.15. The Morgan fingerprint density at radius 1 is 1.19 bits per heavy atom. The van der Waals surface area contributed by atoms with Crippen molar-refractivity contribution in [2.24, 2.45) is 0 Å². The first-order chi connectivity index (χ1) is 12.6. The quantitative estimate of drug-likeness (QED) is 0.896. The number of nitrogens with zero attached hydrogens (tertiary/aromatic N) is 3. The summed E-state index contributed by atoms with van der Waals surface area (Å²) < 4.78 is 0. The Hall–Kier alpha value is -2.40. The second kappa shape index (κ2) is 8.32. The summed E-state index contributed by atoms with van der Waals surface area (Å²) in [6, 6.07) is 12.7.